The van der Waals surface area contributed by atoms with E-state index < -0.39 is 24.0 Å². The highest BCUT2D eigenvalue weighted by atomic mass is 16.6. The summed E-state index contributed by atoms with van der Waals surface area (Å²) in [4.78, 5) is 31.5. The molecule has 3 aromatic carbocycles. The number of aryl methyl sites for hydroxylation is 1. The number of rotatable bonds is 8. The number of hydrogen-bond acceptors (Lipinski definition) is 10. The quantitative estimate of drug-likeness (QED) is 0.163. The Morgan fingerprint density at radius 2 is 1.42 bits per heavy atom. The fourth-order valence-electron chi connectivity index (χ4n) is 8.34. The maximum absolute atomic E-state index is 15.1. The molecule has 4 aliphatic rings. The van der Waals surface area contributed by atoms with Crippen molar-refractivity contribution in [2.75, 3.05) is 61.4 Å². The van der Waals surface area contributed by atoms with E-state index in [1.807, 2.05) is 66.7 Å². The zero-order valence-electron chi connectivity index (χ0n) is 34.0. The molecule has 2 fully saturated rings. The lowest BCUT2D eigenvalue weighted by atomic mass is 9.75. The van der Waals surface area contributed by atoms with E-state index >= 15 is 4.79 Å². The van der Waals surface area contributed by atoms with Crippen LogP contribution in [0.3, 0.4) is 0 Å². The summed E-state index contributed by atoms with van der Waals surface area (Å²) in [6.07, 6.45) is 12.3. The van der Waals surface area contributed by atoms with Crippen LogP contribution in [-0.2, 0) is 25.5 Å². The first-order chi connectivity index (χ1) is 27.9. The largest absolute Gasteiger partial charge is 0.493 e. The molecule has 1 amide bonds. The van der Waals surface area contributed by atoms with Gasteiger partial charge in [-0.05, 0) is 110 Å². The van der Waals surface area contributed by atoms with Crippen LogP contribution in [0.5, 0.6) is 34.5 Å². The molecule has 3 aromatic rings. The van der Waals surface area contributed by atoms with Crippen LogP contribution in [0, 0.1) is 5.92 Å². The first kappa shape index (κ1) is 41.7. The van der Waals surface area contributed by atoms with Gasteiger partial charge in [0.1, 0.15) is 24.5 Å². The lowest BCUT2D eigenvalue weighted by Gasteiger charge is -2.40. The van der Waals surface area contributed by atoms with Crippen molar-refractivity contribution in [1.29, 1.82) is 0 Å². The Morgan fingerprint density at radius 3 is 2.18 bits per heavy atom. The maximum Gasteiger partial charge on any atom is 0.329 e. The highest BCUT2D eigenvalue weighted by Crippen LogP contribution is 2.45. The number of methoxy groups -OCH3 is 4. The average Bonchev–Trinajstić information content (AvgIpc) is 3.25. The van der Waals surface area contributed by atoms with E-state index in [9.17, 15) is 4.79 Å². The summed E-state index contributed by atoms with van der Waals surface area (Å²) >= 11 is 0. The van der Waals surface area contributed by atoms with Gasteiger partial charge in [-0.3, -0.25) is 4.79 Å². The fraction of sp³-hybridized carbons (Fsp3) is 0.522. The molecule has 1 saturated heterocycles. The number of piperidine rings is 1. The summed E-state index contributed by atoms with van der Waals surface area (Å²) in [5.74, 6) is 2.61. The predicted molar refractivity (Wildman–Crippen MR) is 217 cm³/mol. The molecule has 7 rings (SSSR count). The molecule has 0 radical (unpaired) electrons. The summed E-state index contributed by atoms with van der Waals surface area (Å²) in [7, 11) is 6.43. The van der Waals surface area contributed by atoms with Crippen molar-refractivity contribution in [2.45, 2.75) is 88.7 Å². The predicted octanol–water partition coefficient (Wildman–Crippen LogP) is 8.42. The standard InChI is InChI=1S/C46H59NO10/c1-50-39-22-20-32(28-40(39)51-2)19-21-38-34-16-12-17-36(29-34)55-26-11-10-24-54-25-13-27-56-44-41(52-3)30-35(31-42(44)53-4)43(33-14-6-5-7-15-33)45(48)47-23-9-8-18-37(47)46(49)57-38/h10-12,16-17,20,22,28-31,33,37-38,43H,5-9,13-15,18-19,21,23-27H2,1-4H3/b11-10+/t37-,38+,43-/m0/s1. The maximum atomic E-state index is 15.1. The first-order valence-electron chi connectivity index (χ1n) is 20.5. The Morgan fingerprint density at radius 1 is 0.684 bits per heavy atom. The van der Waals surface area contributed by atoms with Gasteiger partial charge in [-0.2, -0.15) is 0 Å². The topological polar surface area (TPSA) is 111 Å². The van der Waals surface area contributed by atoms with E-state index in [1.54, 1.807) is 33.3 Å². The Hall–Kier alpha value is -4.90. The third-order valence-corrected chi connectivity index (χ3v) is 11.3. The zero-order chi connectivity index (χ0) is 40.0. The Kier molecular flexibility index (Phi) is 15.4. The molecule has 11 nitrogen and oxygen atoms in total. The molecular weight excluding hydrogens is 727 g/mol. The SMILES string of the molecule is COc1ccc(CC[C@H]2OC(=O)[C@@H]3CCCCN3C(=O)[C@@H](C3CCCCC3)c3cc(OC)c(c(OC)c3)OCCCOC/C=C/COc3cccc2c3)cc1OC. The second-order valence-electron chi connectivity index (χ2n) is 15.0. The summed E-state index contributed by atoms with van der Waals surface area (Å²) in [5, 5.41) is 0. The van der Waals surface area contributed by atoms with E-state index in [2.05, 4.69) is 0 Å². The van der Waals surface area contributed by atoms with Crippen LogP contribution in [0.15, 0.2) is 66.7 Å². The van der Waals surface area contributed by atoms with E-state index in [0.717, 1.165) is 61.6 Å². The number of fused-ring (bicyclic) bond motifs is 13. The van der Waals surface area contributed by atoms with Gasteiger partial charge < -0.3 is 42.8 Å². The van der Waals surface area contributed by atoms with Crippen LogP contribution in [0.4, 0.5) is 0 Å². The number of nitrogens with zero attached hydrogens (tertiary/aromatic N) is 1. The first-order valence-corrected chi connectivity index (χ1v) is 20.5. The smallest absolute Gasteiger partial charge is 0.329 e. The van der Waals surface area contributed by atoms with Gasteiger partial charge >= 0.3 is 5.97 Å². The number of carbonyl (C=O) groups excluding carboxylic acids is 2. The Labute approximate surface area is 337 Å². The Bertz CT molecular complexity index is 1780. The van der Waals surface area contributed by atoms with Crippen LogP contribution in [0.1, 0.15) is 92.9 Å². The minimum absolute atomic E-state index is 0.0572. The number of hydrogen-bond donors (Lipinski definition) is 0. The molecule has 1 saturated carbocycles. The molecule has 0 N–H and O–H groups in total. The number of amides is 1. The van der Waals surface area contributed by atoms with E-state index in [-0.39, 0.29) is 11.8 Å². The molecule has 3 heterocycles. The highest BCUT2D eigenvalue weighted by Gasteiger charge is 2.41. The molecule has 0 spiro atoms. The third-order valence-electron chi connectivity index (χ3n) is 11.3. The monoisotopic (exact) mass is 785 g/mol. The molecule has 0 aromatic heterocycles. The van der Waals surface area contributed by atoms with Gasteiger partial charge in [-0.1, -0.05) is 43.5 Å². The summed E-state index contributed by atoms with van der Waals surface area (Å²) < 4.78 is 47.4. The van der Waals surface area contributed by atoms with Crippen molar-refractivity contribution in [3.8, 4) is 34.5 Å². The van der Waals surface area contributed by atoms with Crippen molar-refractivity contribution in [3.05, 3.63) is 83.4 Å². The zero-order valence-corrected chi connectivity index (χ0v) is 34.0. The van der Waals surface area contributed by atoms with Crippen molar-refractivity contribution in [2.24, 2.45) is 5.92 Å². The van der Waals surface area contributed by atoms with Crippen LogP contribution in [0.25, 0.3) is 0 Å². The second-order valence-corrected chi connectivity index (χ2v) is 15.0. The third kappa shape index (κ3) is 10.7. The lowest BCUT2D eigenvalue weighted by Crippen LogP contribution is -2.51. The van der Waals surface area contributed by atoms with Crippen LogP contribution >= 0.6 is 0 Å². The lowest BCUT2D eigenvalue weighted by molar-refractivity contribution is -0.163. The molecule has 11 heteroatoms. The minimum atomic E-state index is -0.718. The van der Waals surface area contributed by atoms with E-state index in [1.165, 1.54) is 0 Å². The average molecular weight is 786 g/mol. The normalized spacial score (nSPS) is 22.2. The summed E-state index contributed by atoms with van der Waals surface area (Å²) in [6, 6.07) is 16.7. The molecule has 0 unspecified atom stereocenters. The number of benzene rings is 3. The molecule has 3 aliphatic heterocycles. The van der Waals surface area contributed by atoms with Gasteiger partial charge in [0, 0.05) is 13.0 Å². The van der Waals surface area contributed by atoms with Gasteiger partial charge in [-0.15, -0.1) is 0 Å². The van der Waals surface area contributed by atoms with Gasteiger partial charge in [0.05, 0.1) is 54.2 Å². The van der Waals surface area contributed by atoms with E-state index in [0.29, 0.717) is 93.2 Å². The van der Waals surface area contributed by atoms with Gasteiger partial charge in [0.25, 0.3) is 0 Å². The number of esters is 1. The van der Waals surface area contributed by atoms with E-state index in [4.69, 9.17) is 37.9 Å². The minimum Gasteiger partial charge on any atom is -0.493 e. The summed E-state index contributed by atoms with van der Waals surface area (Å²) in [6.45, 7) is 2.17. The van der Waals surface area contributed by atoms with Gasteiger partial charge in [-0.25, -0.2) is 4.79 Å². The fourth-order valence-corrected chi connectivity index (χ4v) is 8.34. The van der Waals surface area contributed by atoms with Gasteiger partial charge in [0.15, 0.2) is 23.0 Å². The molecule has 1 aliphatic carbocycles. The highest BCUT2D eigenvalue weighted by molar-refractivity contribution is 5.89. The number of carbonyl (C=O) groups is 2. The second kappa shape index (κ2) is 21.0. The molecule has 3 atom stereocenters. The molecule has 57 heavy (non-hydrogen) atoms. The van der Waals surface area contributed by atoms with Crippen LogP contribution in [-0.4, -0.2) is 84.2 Å². The van der Waals surface area contributed by atoms with Gasteiger partial charge in [0.2, 0.25) is 11.7 Å². The van der Waals surface area contributed by atoms with Crippen molar-refractivity contribution in [1.82, 2.24) is 4.90 Å². The molecule has 308 valence electrons. The molecule has 4 bridgehead atoms. The van der Waals surface area contributed by atoms with Crippen LogP contribution < -0.4 is 28.4 Å². The van der Waals surface area contributed by atoms with Crippen LogP contribution in [0.2, 0.25) is 0 Å². The summed E-state index contributed by atoms with van der Waals surface area (Å²) in [5.41, 5.74) is 2.64. The molecular formula is C46H59NO10. The van der Waals surface area contributed by atoms with Crippen molar-refractivity contribution < 1.29 is 47.5 Å². The van der Waals surface area contributed by atoms with Crippen molar-refractivity contribution in [3.63, 3.8) is 0 Å². The van der Waals surface area contributed by atoms with Crippen molar-refractivity contribution >= 4 is 11.9 Å². The Balaban J connectivity index is 1.35. The number of ether oxygens (including phenoxy) is 8.